The summed E-state index contributed by atoms with van der Waals surface area (Å²) >= 11 is 1.35. The third-order valence-electron chi connectivity index (χ3n) is 6.83. The number of hydrogen-bond acceptors (Lipinski definition) is 7. The molecule has 1 aromatic heterocycles. The maximum absolute atomic E-state index is 11.5. The van der Waals surface area contributed by atoms with E-state index in [1.54, 1.807) is 19.4 Å². The molecule has 45 heavy (non-hydrogen) atoms. The summed E-state index contributed by atoms with van der Waals surface area (Å²) in [6, 6.07) is 22.8. The zero-order valence-electron chi connectivity index (χ0n) is 28.0. The molecule has 2 atom stereocenters. The van der Waals surface area contributed by atoms with E-state index >= 15 is 0 Å². The molecule has 7 heteroatoms. The summed E-state index contributed by atoms with van der Waals surface area (Å²) in [5.74, 6) is 4.45. The first-order chi connectivity index (χ1) is 21.6. The van der Waals surface area contributed by atoms with Gasteiger partial charge in [0.15, 0.2) is 0 Å². The Hall–Kier alpha value is -3.55. The molecule has 3 aromatic rings. The molecular formula is C38H51NO5S. The molecule has 0 amide bonds. The van der Waals surface area contributed by atoms with Gasteiger partial charge in [0.2, 0.25) is 11.0 Å². The molecule has 0 aliphatic heterocycles. The molecule has 2 unspecified atom stereocenters. The molecule has 0 N–H and O–H groups in total. The van der Waals surface area contributed by atoms with Crippen LogP contribution in [-0.4, -0.2) is 41.3 Å². The zero-order chi connectivity index (χ0) is 32.9. The summed E-state index contributed by atoms with van der Waals surface area (Å²) in [5.41, 5.74) is 1.03. The van der Waals surface area contributed by atoms with Crippen molar-refractivity contribution in [3.63, 3.8) is 0 Å². The maximum atomic E-state index is 11.5. The molecule has 0 saturated carbocycles. The van der Waals surface area contributed by atoms with Gasteiger partial charge in [-0.3, -0.25) is 4.79 Å². The lowest BCUT2D eigenvalue weighted by atomic mass is 9.95. The highest BCUT2D eigenvalue weighted by atomic mass is 32.2. The van der Waals surface area contributed by atoms with Gasteiger partial charge in [0.1, 0.15) is 30.0 Å². The van der Waals surface area contributed by atoms with Crippen LogP contribution in [0.3, 0.4) is 0 Å². The Morgan fingerprint density at radius 2 is 1.62 bits per heavy atom. The van der Waals surface area contributed by atoms with Crippen molar-refractivity contribution in [3.8, 4) is 23.1 Å². The maximum Gasteiger partial charge on any atom is 0.213 e. The van der Waals surface area contributed by atoms with E-state index in [9.17, 15) is 4.79 Å². The first kappa shape index (κ1) is 37.6. The van der Waals surface area contributed by atoms with Crippen LogP contribution in [0.5, 0.6) is 23.1 Å². The molecule has 0 bridgehead atoms. The number of methoxy groups -OCH3 is 1. The number of benzene rings is 2. The number of carbonyl (C=O) groups excluding carboxylic acids is 1. The van der Waals surface area contributed by atoms with Crippen LogP contribution in [0.25, 0.3) is 0 Å². The summed E-state index contributed by atoms with van der Waals surface area (Å²) in [7, 11) is 1.78. The number of pyridine rings is 1. The van der Waals surface area contributed by atoms with E-state index in [4.69, 9.17) is 18.9 Å². The number of allylic oxidation sites excluding steroid dienone is 3. The summed E-state index contributed by atoms with van der Waals surface area (Å²) in [5, 5.41) is 0.148. The van der Waals surface area contributed by atoms with Crippen molar-refractivity contribution in [1.82, 2.24) is 4.98 Å². The molecule has 0 fully saturated rings. The van der Waals surface area contributed by atoms with E-state index in [0.717, 1.165) is 41.4 Å². The number of thioether (sulfide) groups is 1. The van der Waals surface area contributed by atoms with Crippen LogP contribution in [0.4, 0.5) is 0 Å². The summed E-state index contributed by atoms with van der Waals surface area (Å²) in [6.07, 6.45) is 12.1. The van der Waals surface area contributed by atoms with Crippen LogP contribution in [0.15, 0.2) is 103 Å². The number of carbonyl (C=O) groups is 1. The summed E-state index contributed by atoms with van der Waals surface area (Å²) in [6.45, 7) is 12.9. The van der Waals surface area contributed by atoms with Crippen molar-refractivity contribution in [2.24, 2.45) is 5.92 Å². The molecule has 1 heterocycles. The molecule has 0 aliphatic carbocycles. The van der Waals surface area contributed by atoms with Crippen molar-refractivity contribution in [2.45, 2.75) is 78.9 Å². The number of para-hydroxylation sites is 1. The van der Waals surface area contributed by atoms with Gasteiger partial charge in [0.25, 0.3) is 0 Å². The molecule has 3 rings (SSSR count). The van der Waals surface area contributed by atoms with Crippen LogP contribution >= 0.6 is 11.8 Å². The van der Waals surface area contributed by atoms with E-state index in [1.807, 2.05) is 93.6 Å². The van der Waals surface area contributed by atoms with Gasteiger partial charge in [0, 0.05) is 19.4 Å². The van der Waals surface area contributed by atoms with Gasteiger partial charge >= 0.3 is 0 Å². The van der Waals surface area contributed by atoms with Crippen molar-refractivity contribution in [1.29, 1.82) is 0 Å². The Kier molecular flexibility index (Phi) is 17.8. The van der Waals surface area contributed by atoms with Gasteiger partial charge in [-0.1, -0.05) is 74.9 Å². The fourth-order valence-corrected chi connectivity index (χ4v) is 4.65. The molecule has 0 radical (unpaired) electrons. The van der Waals surface area contributed by atoms with Crippen LogP contribution in [0, 0.1) is 5.92 Å². The minimum atomic E-state index is -0.0971. The highest BCUT2D eigenvalue weighted by Crippen LogP contribution is 2.24. The number of nitrogens with zero attached hydrogens (tertiary/aromatic N) is 1. The minimum Gasteiger partial charge on any atom is -0.490 e. The predicted molar refractivity (Wildman–Crippen MR) is 188 cm³/mol. The van der Waals surface area contributed by atoms with Crippen LogP contribution in [0.1, 0.15) is 67.2 Å². The van der Waals surface area contributed by atoms with E-state index in [2.05, 4.69) is 37.9 Å². The molecular weight excluding hydrogens is 582 g/mol. The van der Waals surface area contributed by atoms with Crippen molar-refractivity contribution >= 4 is 16.9 Å². The average molecular weight is 634 g/mol. The molecule has 0 aliphatic rings. The SMILES string of the molecule is CC(COc1ccc(Oc2ccccc2)cc1)Oc1ccccn1.CCSC(=O)/C=C(C)/C=C/CC(C)CCCC(C)(C)OC. The Labute approximate surface area is 275 Å². The number of aromatic nitrogens is 1. The van der Waals surface area contributed by atoms with Crippen molar-refractivity contribution in [3.05, 3.63) is 103 Å². The van der Waals surface area contributed by atoms with E-state index in [0.29, 0.717) is 18.4 Å². The topological polar surface area (TPSA) is 66.9 Å². The van der Waals surface area contributed by atoms with E-state index in [-0.39, 0.29) is 16.8 Å². The van der Waals surface area contributed by atoms with Crippen LogP contribution in [0.2, 0.25) is 0 Å². The fraction of sp³-hybridized carbons (Fsp3) is 0.421. The largest absolute Gasteiger partial charge is 0.490 e. The summed E-state index contributed by atoms with van der Waals surface area (Å²) < 4.78 is 22.6. The average Bonchev–Trinajstić information content (AvgIpc) is 3.02. The first-order valence-electron chi connectivity index (χ1n) is 15.7. The Balaban J connectivity index is 0.000000318. The quantitative estimate of drug-likeness (QED) is 0.108. The zero-order valence-corrected chi connectivity index (χ0v) is 28.8. The second-order valence-electron chi connectivity index (χ2n) is 11.5. The molecule has 244 valence electrons. The number of hydrogen-bond donors (Lipinski definition) is 0. The monoisotopic (exact) mass is 633 g/mol. The molecule has 2 aromatic carbocycles. The summed E-state index contributed by atoms with van der Waals surface area (Å²) in [4.78, 5) is 15.6. The Morgan fingerprint density at radius 3 is 2.27 bits per heavy atom. The van der Waals surface area contributed by atoms with Gasteiger partial charge in [0.05, 0.1) is 5.60 Å². The third kappa shape index (κ3) is 17.5. The lowest BCUT2D eigenvalue weighted by molar-refractivity contribution is -0.107. The van der Waals surface area contributed by atoms with Gasteiger partial charge in [-0.25, -0.2) is 4.98 Å². The highest BCUT2D eigenvalue weighted by Gasteiger charge is 2.15. The van der Waals surface area contributed by atoms with Crippen molar-refractivity contribution in [2.75, 3.05) is 19.5 Å². The standard InChI is InChI=1S/C20H19NO3.C18H32O2S/c1-16(23-20-9-5-6-14-21-20)15-22-17-10-12-19(13-11-17)24-18-7-3-2-4-8-18;1-7-21-17(19)14-16(3)11-8-10-15(2)12-9-13-18(4,5)20-6/h2-14,16H,15H2,1H3;8,11,14-15H,7,9-10,12-13H2,1-6H3/b;11-8+,16-14+. The fourth-order valence-electron chi connectivity index (χ4n) is 4.10. The smallest absolute Gasteiger partial charge is 0.213 e. The number of rotatable bonds is 17. The lowest BCUT2D eigenvalue weighted by Crippen LogP contribution is -2.22. The highest BCUT2D eigenvalue weighted by molar-refractivity contribution is 8.14. The minimum absolute atomic E-state index is 0.00775. The molecule has 0 saturated heterocycles. The Morgan fingerprint density at radius 1 is 0.956 bits per heavy atom. The number of ether oxygens (including phenoxy) is 4. The van der Waals surface area contributed by atoms with Crippen molar-refractivity contribution < 1.29 is 23.7 Å². The lowest BCUT2D eigenvalue weighted by Gasteiger charge is -2.23. The van der Waals surface area contributed by atoms with E-state index < -0.39 is 0 Å². The molecule has 6 nitrogen and oxygen atoms in total. The third-order valence-corrected chi connectivity index (χ3v) is 7.52. The van der Waals surface area contributed by atoms with Crippen LogP contribution in [-0.2, 0) is 9.53 Å². The molecule has 0 spiro atoms. The second kappa shape index (κ2) is 21.2. The normalized spacial score (nSPS) is 13.0. The first-order valence-corrected chi connectivity index (χ1v) is 16.7. The van der Waals surface area contributed by atoms with E-state index in [1.165, 1.54) is 24.6 Å². The van der Waals surface area contributed by atoms with Crippen LogP contribution < -0.4 is 14.2 Å². The second-order valence-corrected chi connectivity index (χ2v) is 12.8. The van der Waals surface area contributed by atoms with Gasteiger partial charge < -0.3 is 18.9 Å². The van der Waals surface area contributed by atoms with Gasteiger partial charge in [-0.2, -0.15) is 0 Å². The van der Waals surface area contributed by atoms with Gasteiger partial charge in [-0.15, -0.1) is 0 Å². The Bertz CT molecular complexity index is 1280. The predicted octanol–water partition coefficient (Wildman–Crippen LogP) is 10.1. The van der Waals surface area contributed by atoms with Gasteiger partial charge in [-0.05, 0) is 106 Å².